The average molecular weight is 431 g/mol. The van der Waals surface area contributed by atoms with E-state index in [0.717, 1.165) is 44.7 Å². The van der Waals surface area contributed by atoms with E-state index in [4.69, 9.17) is 4.74 Å². The Bertz CT molecular complexity index is 628. The van der Waals surface area contributed by atoms with E-state index in [9.17, 15) is 8.42 Å². The van der Waals surface area contributed by atoms with Crippen molar-refractivity contribution in [3.05, 3.63) is 0 Å². The fourth-order valence-corrected chi connectivity index (χ4v) is 5.64. The van der Waals surface area contributed by atoms with Crippen LogP contribution in [0.3, 0.4) is 0 Å². The average Bonchev–Trinajstić information content (AvgIpc) is 2.67. The molecule has 0 radical (unpaired) electrons. The molecule has 0 spiro atoms. The highest BCUT2D eigenvalue weighted by atomic mass is 32.2. The molecule has 1 aliphatic carbocycles. The van der Waals surface area contributed by atoms with Crippen molar-refractivity contribution < 1.29 is 13.2 Å². The number of aliphatic imine (C=N–C) groups is 1. The molecule has 0 aromatic heterocycles. The summed E-state index contributed by atoms with van der Waals surface area (Å²) in [5.41, 5.74) is 0.0710. The van der Waals surface area contributed by atoms with Crippen LogP contribution in [0.4, 0.5) is 0 Å². The van der Waals surface area contributed by atoms with Gasteiger partial charge in [-0.1, -0.05) is 34.1 Å². The minimum atomic E-state index is -3.09. The predicted molar refractivity (Wildman–Crippen MR) is 120 cm³/mol. The number of hydrogen-bond acceptors (Lipinski definition) is 4. The van der Waals surface area contributed by atoms with Gasteiger partial charge in [0, 0.05) is 43.7 Å². The van der Waals surface area contributed by atoms with Gasteiger partial charge < -0.3 is 15.4 Å². The molecule has 170 valence electrons. The zero-order valence-electron chi connectivity index (χ0n) is 19.0. The summed E-state index contributed by atoms with van der Waals surface area (Å²) >= 11 is 0. The van der Waals surface area contributed by atoms with E-state index < -0.39 is 10.0 Å². The summed E-state index contributed by atoms with van der Waals surface area (Å²) in [6.07, 6.45) is 5.84. The molecule has 29 heavy (non-hydrogen) atoms. The van der Waals surface area contributed by atoms with Crippen molar-refractivity contribution in [1.29, 1.82) is 0 Å². The largest absolute Gasteiger partial charge is 0.378 e. The van der Waals surface area contributed by atoms with Crippen molar-refractivity contribution in [3.63, 3.8) is 0 Å². The van der Waals surface area contributed by atoms with E-state index in [2.05, 4.69) is 36.4 Å². The molecule has 2 fully saturated rings. The molecular weight excluding hydrogens is 388 g/mol. The Morgan fingerprint density at radius 1 is 1.14 bits per heavy atom. The summed E-state index contributed by atoms with van der Waals surface area (Å²) in [5.74, 6) is 1.08. The van der Waals surface area contributed by atoms with Gasteiger partial charge in [0.25, 0.3) is 0 Å². The third kappa shape index (κ3) is 6.56. The topological polar surface area (TPSA) is 83.0 Å². The molecule has 2 atom stereocenters. The number of nitrogens with one attached hydrogen (secondary N) is 2. The van der Waals surface area contributed by atoms with E-state index in [1.807, 2.05) is 13.8 Å². The second-order valence-corrected chi connectivity index (χ2v) is 11.0. The lowest BCUT2D eigenvalue weighted by Crippen LogP contribution is -2.64. The number of sulfonamides is 1. The highest BCUT2D eigenvalue weighted by molar-refractivity contribution is 7.89. The summed E-state index contributed by atoms with van der Waals surface area (Å²) in [6, 6.07) is 0.581. The molecule has 8 heteroatoms. The van der Waals surface area contributed by atoms with Crippen LogP contribution in [0.15, 0.2) is 4.99 Å². The number of guanidine groups is 1. The molecule has 0 aromatic carbocycles. The Morgan fingerprint density at radius 3 is 2.38 bits per heavy atom. The second kappa shape index (κ2) is 11.0. The minimum absolute atomic E-state index is 0.0710. The fraction of sp³-hybridized carbons (Fsp3) is 0.952. The van der Waals surface area contributed by atoms with Crippen molar-refractivity contribution in [3.8, 4) is 0 Å². The highest BCUT2D eigenvalue weighted by Crippen LogP contribution is 2.42. The van der Waals surface area contributed by atoms with Gasteiger partial charge in [-0.15, -0.1) is 0 Å². The number of ether oxygens (including phenoxy) is 1. The third-order valence-electron chi connectivity index (χ3n) is 6.27. The summed E-state index contributed by atoms with van der Waals surface area (Å²) in [4.78, 5) is 4.63. The zero-order valence-corrected chi connectivity index (χ0v) is 19.9. The molecule has 1 saturated carbocycles. The number of unbranched alkanes of at least 4 members (excludes halogenated alkanes) is 1. The number of piperidine rings is 1. The summed E-state index contributed by atoms with van der Waals surface area (Å²) < 4.78 is 32.2. The van der Waals surface area contributed by atoms with Crippen LogP contribution >= 0.6 is 0 Å². The van der Waals surface area contributed by atoms with Crippen LogP contribution in [0.1, 0.15) is 73.1 Å². The second-order valence-electron chi connectivity index (χ2n) is 8.92. The van der Waals surface area contributed by atoms with Crippen LogP contribution in [0.5, 0.6) is 0 Å². The zero-order chi connectivity index (χ0) is 21.5. The monoisotopic (exact) mass is 430 g/mol. The van der Waals surface area contributed by atoms with E-state index in [-0.39, 0.29) is 17.2 Å². The standard InChI is InChI=1S/C21H42N4O3S/c1-6-9-14-28-19-16-18(21(19,4)5)24-20(22-8-3)23-17-10-12-25(13-11-17)29(26,27)15-7-2/h17-19H,6-16H2,1-5H3,(H2,22,23,24). The predicted octanol–water partition coefficient (Wildman–Crippen LogP) is 2.73. The molecule has 2 rings (SSSR count). The maximum atomic E-state index is 12.3. The van der Waals surface area contributed by atoms with Crippen LogP contribution in [-0.2, 0) is 14.8 Å². The fourth-order valence-electron chi connectivity index (χ4n) is 4.10. The van der Waals surface area contributed by atoms with Gasteiger partial charge in [-0.2, -0.15) is 0 Å². The molecular formula is C21H42N4O3S. The first-order valence-corrected chi connectivity index (χ1v) is 13.0. The van der Waals surface area contributed by atoms with Crippen molar-refractivity contribution >= 4 is 16.0 Å². The lowest BCUT2D eigenvalue weighted by molar-refractivity contribution is -0.113. The lowest BCUT2D eigenvalue weighted by atomic mass is 9.64. The van der Waals surface area contributed by atoms with Crippen LogP contribution in [-0.4, -0.2) is 68.9 Å². The Balaban J connectivity index is 1.84. The molecule has 1 aliphatic heterocycles. The van der Waals surface area contributed by atoms with Gasteiger partial charge in [-0.3, -0.25) is 4.99 Å². The Morgan fingerprint density at radius 2 is 1.83 bits per heavy atom. The van der Waals surface area contributed by atoms with Gasteiger partial charge in [0.2, 0.25) is 10.0 Å². The van der Waals surface area contributed by atoms with E-state index in [0.29, 0.717) is 38.2 Å². The number of nitrogens with zero attached hydrogens (tertiary/aromatic N) is 2. The van der Waals surface area contributed by atoms with Crippen LogP contribution < -0.4 is 10.6 Å². The Hall–Kier alpha value is -0.860. The number of hydrogen-bond donors (Lipinski definition) is 2. The molecule has 2 unspecified atom stereocenters. The van der Waals surface area contributed by atoms with Gasteiger partial charge in [0.15, 0.2) is 5.96 Å². The molecule has 0 bridgehead atoms. The Labute approximate surface area is 178 Å². The molecule has 1 heterocycles. The Kier molecular flexibility index (Phi) is 9.22. The van der Waals surface area contributed by atoms with E-state index in [1.54, 1.807) is 4.31 Å². The minimum Gasteiger partial charge on any atom is -0.378 e. The van der Waals surface area contributed by atoms with Crippen LogP contribution in [0.2, 0.25) is 0 Å². The van der Waals surface area contributed by atoms with E-state index >= 15 is 0 Å². The lowest BCUT2D eigenvalue weighted by Gasteiger charge is -2.52. The van der Waals surface area contributed by atoms with Crippen molar-refractivity contribution in [2.24, 2.45) is 10.4 Å². The van der Waals surface area contributed by atoms with Gasteiger partial charge in [0.1, 0.15) is 0 Å². The van der Waals surface area contributed by atoms with Crippen LogP contribution in [0, 0.1) is 5.41 Å². The van der Waals surface area contributed by atoms with Gasteiger partial charge in [-0.05, 0) is 39.0 Å². The first-order chi connectivity index (χ1) is 13.7. The molecule has 0 aromatic rings. The third-order valence-corrected chi connectivity index (χ3v) is 8.35. The quantitative estimate of drug-likeness (QED) is 0.316. The first-order valence-electron chi connectivity index (χ1n) is 11.4. The van der Waals surface area contributed by atoms with Crippen molar-refractivity contribution in [1.82, 2.24) is 14.9 Å². The smallest absolute Gasteiger partial charge is 0.214 e. The van der Waals surface area contributed by atoms with E-state index in [1.165, 1.54) is 0 Å². The first kappa shape index (κ1) is 24.4. The molecule has 0 amide bonds. The van der Waals surface area contributed by atoms with Gasteiger partial charge >= 0.3 is 0 Å². The normalized spacial score (nSPS) is 26.2. The maximum absolute atomic E-state index is 12.3. The summed E-state index contributed by atoms with van der Waals surface area (Å²) in [7, 11) is -3.09. The summed E-state index contributed by atoms with van der Waals surface area (Å²) in [5, 5.41) is 7.14. The maximum Gasteiger partial charge on any atom is 0.214 e. The SMILES string of the molecule is CCCCOC1CC(NC(=NCC)NC2CCN(S(=O)(=O)CCC)CC2)C1(C)C. The highest BCUT2D eigenvalue weighted by Gasteiger charge is 2.49. The number of rotatable bonds is 10. The van der Waals surface area contributed by atoms with Gasteiger partial charge in [-0.25, -0.2) is 12.7 Å². The molecule has 2 N–H and O–H groups in total. The molecule has 7 nitrogen and oxygen atoms in total. The molecule has 2 aliphatic rings. The van der Waals surface area contributed by atoms with Crippen molar-refractivity contribution in [2.45, 2.75) is 91.3 Å². The molecule has 1 saturated heterocycles. The van der Waals surface area contributed by atoms with Crippen LogP contribution in [0.25, 0.3) is 0 Å². The van der Waals surface area contributed by atoms with Gasteiger partial charge in [0.05, 0.1) is 11.9 Å². The summed E-state index contributed by atoms with van der Waals surface area (Å²) in [6.45, 7) is 13.4. The van der Waals surface area contributed by atoms with Crippen molar-refractivity contribution in [2.75, 3.05) is 32.0 Å².